The fourth-order valence-corrected chi connectivity index (χ4v) is 2.87. The zero-order valence-electron chi connectivity index (χ0n) is 12.4. The van der Waals surface area contributed by atoms with E-state index in [4.69, 9.17) is 10.5 Å². The van der Waals surface area contributed by atoms with E-state index in [1.54, 1.807) is 6.07 Å². The molecule has 0 radical (unpaired) electrons. The monoisotopic (exact) mass is 287 g/mol. The van der Waals surface area contributed by atoms with E-state index in [1.165, 1.54) is 0 Å². The normalized spacial score (nSPS) is 22.0. The van der Waals surface area contributed by atoms with E-state index in [9.17, 15) is 0 Å². The summed E-state index contributed by atoms with van der Waals surface area (Å²) >= 11 is 0. The van der Waals surface area contributed by atoms with E-state index in [0.29, 0.717) is 5.82 Å². The number of nitrogen functional groups attached to an aromatic ring is 1. The number of nitrogens with two attached hydrogens (primary N) is 1. The molecule has 1 aliphatic rings. The molecule has 0 amide bonds. The van der Waals surface area contributed by atoms with Crippen LogP contribution in [-0.4, -0.2) is 32.2 Å². The summed E-state index contributed by atoms with van der Waals surface area (Å²) in [6.45, 7) is 4.14. The van der Waals surface area contributed by atoms with E-state index in [2.05, 4.69) is 29.1 Å². The Morgan fingerprint density at radius 2 is 2.14 bits per heavy atom. The zero-order chi connectivity index (χ0) is 14.8. The third-order valence-corrected chi connectivity index (χ3v) is 3.75. The van der Waals surface area contributed by atoms with Gasteiger partial charge in [-0.25, -0.2) is 9.67 Å². The molecular formula is C15H21N5O. The van der Waals surface area contributed by atoms with Crippen LogP contribution in [0.15, 0.2) is 24.4 Å². The van der Waals surface area contributed by atoms with Gasteiger partial charge in [0.25, 0.3) is 0 Å². The van der Waals surface area contributed by atoms with Gasteiger partial charge in [-0.2, -0.15) is 0 Å². The molecule has 0 aromatic carbocycles. The quantitative estimate of drug-likeness (QED) is 0.934. The predicted molar refractivity (Wildman–Crippen MR) is 80.6 cm³/mol. The van der Waals surface area contributed by atoms with Crippen molar-refractivity contribution in [3.8, 4) is 11.4 Å². The lowest BCUT2D eigenvalue weighted by atomic mass is 10.2. The standard InChI is InChI=1S/C15H21N5O/c1-10(2)21-14-7-4-6-13(14)20-9-12(18-19-20)11-5-3-8-15(16)17-11/h3,5,8-10,13-14H,4,6-7H2,1-2H3,(H2,16,17)/t13-,14-/m1/s1. The lowest BCUT2D eigenvalue weighted by molar-refractivity contribution is -0.0124. The largest absolute Gasteiger partial charge is 0.384 e. The number of pyridine rings is 1. The van der Waals surface area contributed by atoms with Gasteiger partial charge in [0.05, 0.1) is 30.1 Å². The molecule has 0 spiro atoms. The molecule has 6 heteroatoms. The number of anilines is 1. The van der Waals surface area contributed by atoms with Crippen LogP contribution in [0.5, 0.6) is 0 Å². The van der Waals surface area contributed by atoms with Crippen LogP contribution in [0.25, 0.3) is 11.4 Å². The molecule has 0 aliphatic heterocycles. The van der Waals surface area contributed by atoms with Gasteiger partial charge >= 0.3 is 0 Å². The van der Waals surface area contributed by atoms with Crippen molar-refractivity contribution >= 4 is 5.82 Å². The molecule has 1 aliphatic carbocycles. The van der Waals surface area contributed by atoms with Crippen LogP contribution in [-0.2, 0) is 4.74 Å². The Bertz CT molecular complexity index is 610. The second-order valence-electron chi connectivity index (χ2n) is 5.75. The van der Waals surface area contributed by atoms with Gasteiger partial charge in [-0.1, -0.05) is 11.3 Å². The molecular weight excluding hydrogens is 266 g/mol. The third kappa shape index (κ3) is 3.05. The van der Waals surface area contributed by atoms with Gasteiger partial charge in [-0.15, -0.1) is 5.10 Å². The van der Waals surface area contributed by atoms with Crippen molar-refractivity contribution in [2.24, 2.45) is 0 Å². The highest BCUT2D eigenvalue weighted by Gasteiger charge is 2.31. The maximum Gasteiger partial charge on any atom is 0.131 e. The number of nitrogens with zero attached hydrogens (tertiary/aromatic N) is 4. The van der Waals surface area contributed by atoms with Gasteiger partial charge in [0.15, 0.2) is 0 Å². The summed E-state index contributed by atoms with van der Waals surface area (Å²) in [6.07, 6.45) is 5.70. The zero-order valence-corrected chi connectivity index (χ0v) is 12.4. The minimum Gasteiger partial charge on any atom is -0.384 e. The summed E-state index contributed by atoms with van der Waals surface area (Å²) in [5, 5.41) is 8.49. The van der Waals surface area contributed by atoms with Gasteiger partial charge in [0, 0.05) is 0 Å². The lowest BCUT2D eigenvalue weighted by Crippen LogP contribution is -2.25. The van der Waals surface area contributed by atoms with E-state index < -0.39 is 0 Å². The van der Waals surface area contributed by atoms with Gasteiger partial charge < -0.3 is 10.5 Å². The first-order valence-corrected chi connectivity index (χ1v) is 7.43. The fourth-order valence-electron chi connectivity index (χ4n) is 2.87. The molecule has 112 valence electrons. The summed E-state index contributed by atoms with van der Waals surface area (Å²) in [6, 6.07) is 5.78. The summed E-state index contributed by atoms with van der Waals surface area (Å²) in [5.74, 6) is 0.490. The Morgan fingerprint density at radius 3 is 2.90 bits per heavy atom. The summed E-state index contributed by atoms with van der Waals surface area (Å²) < 4.78 is 7.90. The predicted octanol–water partition coefficient (Wildman–Crippen LogP) is 2.44. The molecule has 2 heterocycles. The topological polar surface area (TPSA) is 78.9 Å². The second kappa shape index (κ2) is 5.81. The van der Waals surface area contributed by atoms with Gasteiger partial charge in [0.1, 0.15) is 11.5 Å². The third-order valence-electron chi connectivity index (χ3n) is 3.75. The fraction of sp³-hybridized carbons (Fsp3) is 0.533. The summed E-state index contributed by atoms with van der Waals surface area (Å²) in [7, 11) is 0. The van der Waals surface area contributed by atoms with Crippen LogP contribution in [0.3, 0.4) is 0 Å². The van der Waals surface area contributed by atoms with Gasteiger partial charge in [-0.3, -0.25) is 0 Å². The molecule has 1 saturated carbocycles. The Balaban J connectivity index is 1.81. The Labute approximate surface area is 124 Å². The number of hydrogen-bond acceptors (Lipinski definition) is 5. The lowest BCUT2D eigenvalue weighted by Gasteiger charge is -2.22. The van der Waals surface area contributed by atoms with Crippen molar-refractivity contribution in [2.75, 3.05) is 5.73 Å². The highest BCUT2D eigenvalue weighted by molar-refractivity contribution is 5.54. The van der Waals surface area contributed by atoms with Crippen molar-refractivity contribution in [1.82, 2.24) is 20.0 Å². The Hall–Kier alpha value is -1.95. The molecule has 0 unspecified atom stereocenters. The summed E-state index contributed by atoms with van der Waals surface area (Å²) in [4.78, 5) is 4.28. The van der Waals surface area contributed by atoms with Crippen molar-refractivity contribution in [1.29, 1.82) is 0 Å². The minimum absolute atomic E-state index is 0.216. The van der Waals surface area contributed by atoms with Crippen LogP contribution in [0.1, 0.15) is 39.2 Å². The van der Waals surface area contributed by atoms with Crippen molar-refractivity contribution < 1.29 is 4.74 Å². The van der Waals surface area contributed by atoms with E-state index in [0.717, 1.165) is 30.7 Å². The number of rotatable bonds is 4. The highest BCUT2D eigenvalue weighted by atomic mass is 16.5. The first-order chi connectivity index (χ1) is 10.1. The van der Waals surface area contributed by atoms with Crippen LogP contribution in [0, 0.1) is 0 Å². The maximum atomic E-state index is 5.99. The van der Waals surface area contributed by atoms with Crippen molar-refractivity contribution in [2.45, 2.75) is 51.4 Å². The van der Waals surface area contributed by atoms with Crippen LogP contribution >= 0.6 is 0 Å². The SMILES string of the molecule is CC(C)O[C@@H]1CCC[C@H]1n1cc(-c2cccc(N)n2)nn1. The number of hydrogen-bond donors (Lipinski definition) is 1. The summed E-state index contributed by atoms with van der Waals surface area (Å²) in [5.41, 5.74) is 7.21. The van der Waals surface area contributed by atoms with Gasteiger partial charge in [0.2, 0.25) is 0 Å². The van der Waals surface area contributed by atoms with Crippen LogP contribution < -0.4 is 5.73 Å². The molecule has 0 bridgehead atoms. The second-order valence-corrected chi connectivity index (χ2v) is 5.75. The molecule has 2 atom stereocenters. The number of ether oxygens (including phenoxy) is 1. The smallest absolute Gasteiger partial charge is 0.131 e. The van der Waals surface area contributed by atoms with Crippen LogP contribution in [0.4, 0.5) is 5.82 Å². The highest BCUT2D eigenvalue weighted by Crippen LogP contribution is 2.33. The van der Waals surface area contributed by atoms with Crippen molar-refractivity contribution in [3.63, 3.8) is 0 Å². The average Bonchev–Trinajstić information content (AvgIpc) is 3.06. The average molecular weight is 287 g/mol. The first kappa shape index (κ1) is 14.0. The molecule has 6 nitrogen and oxygen atoms in total. The molecule has 2 N–H and O–H groups in total. The number of aromatic nitrogens is 4. The minimum atomic E-state index is 0.216. The molecule has 1 fully saturated rings. The molecule has 2 aromatic rings. The molecule has 2 aromatic heterocycles. The Morgan fingerprint density at radius 1 is 1.29 bits per heavy atom. The van der Waals surface area contributed by atoms with Gasteiger partial charge in [-0.05, 0) is 45.2 Å². The molecule has 21 heavy (non-hydrogen) atoms. The van der Waals surface area contributed by atoms with E-state index >= 15 is 0 Å². The Kier molecular flexibility index (Phi) is 3.88. The van der Waals surface area contributed by atoms with E-state index in [-0.39, 0.29) is 18.2 Å². The van der Waals surface area contributed by atoms with E-state index in [1.807, 2.05) is 23.0 Å². The van der Waals surface area contributed by atoms with Crippen LogP contribution in [0.2, 0.25) is 0 Å². The van der Waals surface area contributed by atoms with Crippen molar-refractivity contribution in [3.05, 3.63) is 24.4 Å². The molecule has 3 rings (SSSR count). The maximum absolute atomic E-state index is 5.99. The molecule has 0 saturated heterocycles. The first-order valence-electron chi connectivity index (χ1n) is 7.43.